The van der Waals surface area contributed by atoms with Crippen LogP contribution in [0.2, 0.25) is 0 Å². The summed E-state index contributed by atoms with van der Waals surface area (Å²) in [5, 5.41) is 2.44. The maximum absolute atomic E-state index is 5.15. The van der Waals surface area contributed by atoms with Gasteiger partial charge in [0.15, 0.2) is 17.5 Å². The van der Waals surface area contributed by atoms with Crippen LogP contribution in [0.5, 0.6) is 0 Å². The molecule has 0 radical (unpaired) electrons. The normalized spacial score (nSPS) is 11.3. The van der Waals surface area contributed by atoms with Crippen molar-refractivity contribution in [1.29, 1.82) is 0 Å². The summed E-state index contributed by atoms with van der Waals surface area (Å²) in [6.07, 6.45) is 0. The molecule has 0 aliphatic rings. The van der Waals surface area contributed by atoms with Gasteiger partial charge in [-0.25, -0.2) is 15.0 Å². The van der Waals surface area contributed by atoms with Gasteiger partial charge in [0.05, 0.1) is 11.0 Å². The van der Waals surface area contributed by atoms with Gasteiger partial charge in [0.2, 0.25) is 0 Å². The second kappa shape index (κ2) is 12.2. The van der Waals surface area contributed by atoms with Gasteiger partial charge in [-0.3, -0.25) is 0 Å². The highest BCUT2D eigenvalue weighted by atomic mass is 15.0. The van der Waals surface area contributed by atoms with Gasteiger partial charge in [-0.05, 0) is 52.6 Å². The van der Waals surface area contributed by atoms with E-state index in [1.165, 1.54) is 16.3 Å². The van der Waals surface area contributed by atoms with E-state index >= 15 is 0 Å². The first-order chi connectivity index (χ1) is 24.3. The van der Waals surface area contributed by atoms with Crippen molar-refractivity contribution in [3.05, 3.63) is 182 Å². The van der Waals surface area contributed by atoms with Crippen LogP contribution in [0.4, 0.5) is 0 Å². The first-order valence-corrected chi connectivity index (χ1v) is 16.5. The van der Waals surface area contributed by atoms with Gasteiger partial charge in [-0.1, -0.05) is 152 Å². The summed E-state index contributed by atoms with van der Waals surface area (Å²) in [5.74, 6) is 1.89. The smallest absolute Gasteiger partial charge is 0.164 e. The first-order valence-electron chi connectivity index (χ1n) is 16.5. The van der Waals surface area contributed by atoms with Crippen LogP contribution in [0.25, 0.3) is 83.9 Å². The number of para-hydroxylation sites is 2. The van der Waals surface area contributed by atoms with E-state index < -0.39 is 0 Å². The van der Waals surface area contributed by atoms with Crippen molar-refractivity contribution in [3.63, 3.8) is 0 Å². The second-order valence-electron chi connectivity index (χ2n) is 12.1. The molecule has 0 aliphatic carbocycles. The molecule has 7 aromatic carbocycles. The average molecular weight is 627 g/mol. The fourth-order valence-corrected chi connectivity index (χ4v) is 6.66. The number of fused-ring (bicyclic) bond motifs is 3. The predicted molar refractivity (Wildman–Crippen MR) is 201 cm³/mol. The van der Waals surface area contributed by atoms with E-state index in [-0.39, 0.29) is 0 Å². The van der Waals surface area contributed by atoms with Crippen LogP contribution in [0.1, 0.15) is 0 Å². The van der Waals surface area contributed by atoms with Crippen molar-refractivity contribution in [3.8, 4) is 62.1 Å². The van der Waals surface area contributed by atoms with E-state index in [1.807, 2.05) is 36.4 Å². The van der Waals surface area contributed by atoms with E-state index in [0.29, 0.717) is 17.5 Å². The molecule has 0 spiro atoms. The molecule has 2 aromatic heterocycles. The summed E-state index contributed by atoms with van der Waals surface area (Å²) < 4.78 is 2.35. The topological polar surface area (TPSA) is 43.6 Å². The van der Waals surface area contributed by atoms with Crippen LogP contribution in [-0.2, 0) is 0 Å². The van der Waals surface area contributed by atoms with Gasteiger partial charge in [0.25, 0.3) is 0 Å². The van der Waals surface area contributed by atoms with Crippen molar-refractivity contribution in [1.82, 2.24) is 19.5 Å². The molecule has 0 aliphatic heterocycles. The number of hydrogen-bond acceptors (Lipinski definition) is 3. The summed E-state index contributed by atoms with van der Waals surface area (Å²) >= 11 is 0. The highest BCUT2D eigenvalue weighted by molar-refractivity contribution is 6.09. The van der Waals surface area contributed by atoms with Gasteiger partial charge in [0, 0.05) is 33.2 Å². The van der Waals surface area contributed by atoms with E-state index in [1.54, 1.807) is 0 Å². The fraction of sp³-hybridized carbons (Fsp3) is 0. The minimum absolute atomic E-state index is 0.621. The number of benzene rings is 7. The standard InChI is InChI=1S/C45H30N4/c1-4-14-31(15-5-1)33-24-26-35(27-25-33)44-46-43(34-18-8-3-9-19-34)47-45(48-44)37-28-36(32-16-6-2-7-17-32)29-38(30-37)49-41-22-12-10-20-39(41)40-21-11-13-23-42(40)49/h1-30H. The Bertz CT molecular complexity index is 2520. The van der Waals surface area contributed by atoms with E-state index in [0.717, 1.165) is 50.1 Å². The lowest BCUT2D eigenvalue weighted by Crippen LogP contribution is -2.02. The molecular weight excluding hydrogens is 597 g/mol. The molecule has 9 aromatic rings. The molecule has 0 N–H and O–H groups in total. The van der Waals surface area contributed by atoms with Gasteiger partial charge < -0.3 is 4.57 Å². The zero-order valence-corrected chi connectivity index (χ0v) is 26.6. The maximum atomic E-state index is 5.15. The molecule has 0 saturated carbocycles. The third kappa shape index (κ3) is 5.35. The largest absolute Gasteiger partial charge is 0.309 e. The average Bonchev–Trinajstić information content (AvgIpc) is 3.53. The number of aromatic nitrogens is 4. The summed E-state index contributed by atoms with van der Waals surface area (Å²) in [6.45, 7) is 0. The molecule has 0 unspecified atom stereocenters. The minimum Gasteiger partial charge on any atom is -0.309 e. The molecule has 9 rings (SSSR count). The van der Waals surface area contributed by atoms with E-state index in [9.17, 15) is 0 Å². The van der Waals surface area contributed by atoms with Crippen LogP contribution in [-0.4, -0.2) is 19.5 Å². The van der Waals surface area contributed by atoms with Crippen LogP contribution >= 0.6 is 0 Å². The Labute approximate surface area is 284 Å². The van der Waals surface area contributed by atoms with Crippen molar-refractivity contribution in [2.24, 2.45) is 0 Å². The molecule has 4 nitrogen and oxygen atoms in total. The third-order valence-electron chi connectivity index (χ3n) is 9.04. The summed E-state index contributed by atoms with van der Waals surface area (Å²) in [4.78, 5) is 15.3. The number of hydrogen-bond donors (Lipinski definition) is 0. The molecule has 0 fully saturated rings. The lowest BCUT2D eigenvalue weighted by Gasteiger charge is -2.14. The molecular formula is C45H30N4. The lowest BCUT2D eigenvalue weighted by atomic mass is 10.0. The molecule has 0 saturated heterocycles. The maximum Gasteiger partial charge on any atom is 0.164 e. The van der Waals surface area contributed by atoms with Gasteiger partial charge in [-0.15, -0.1) is 0 Å². The Morgan fingerprint density at radius 1 is 0.286 bits per heavy atom. The summed E-state index contributed by atoms with van der Waals surface area (Å²) in [7, 11) is 0. The highest BCUT2D eigenvalue weighted by Crippen LogP contribution is 2.36. The van der Waals surface area contributed by atoms with Gasteiger partial charge in [-0.2, -0.15) is 0 Å². The summed E-state index contributed by atoms with van der Waals surface area (Å²) in [5.41, 5.74) is 10.7. The molecule has 4 heteroatoms. The quantitative estimate of drug-likeness (QED) is 0.184. The van der Waals surface area contributed by atoms with Gasteiger partial charge >= 0.3 is 0 Å². The van der Waals surface area contributed by atoms with Crippen molar-refractivity contribution in [2.45, 2.75) is 0 Å². The van der Waals surface area contributed by atoms with Crippen molar-refractivity contribution < 1.29 is 0 Å². The molecule has 0 amide bonds. The van der Waals surface area contributed by atoms with Crippen LogP contribution in [0.3, 0.4) is 0 Å². The molecule has 0 bridgehead atoms. The Balaban J connectivity index is 1.27. The predicted octanol–water partition coefficient (Wildman–Crippen LogP) is 11.3. The van der Waals surface area contributed by atoms with Crippen LogP contribution in [0.15, 0.2) is 182 Å². The van der Waals surface area contributed by atoms with E-state index in [2.05, 4.69) is 150 Å². The fourth-order valence-electron chi connectivity index (χ4n) is 6.66. The highest BCUT2D eigenvalue weighted by Gasteiger charge is 2.17. The third-order valence-corrected chi connectivity index (χ3v) is 9.04. The Hall–Kier alpha value is -6.65. The van der Waals surface area contributed by atoms with Crippen molar-refractivity contribution >= 4 is 21.8 Å². The number of nitrogens with zero attached hydrogens (tertiary/aromatic N) is 4. The van der Waals surface area contributed by atoms with Crippen molar-refractivity contribution in [2.75, 3.05) is 0 Å². The second-order valence-corrected chi connectivity index (χ2v) is 12.1. The molecule has 49 heavy (non-hydrogen) atoms. The van der Waals surface area contributed by atoms with Gasteiger partial charge in [0.1, 0.15) is 0 Å². The monoisotopic (exact) mass is 626 g/mol. The zero-order chi connectivity index (χ0) is 32.6. The Morgan fingerprint density at radius 2 is 0.653 bits per heavy atom. The Kier molecular flexibility index (Phi) is 7.10. The van der Waals surface area contributed by atoms with E-state index in [4.69, 9.17) is 15.0 Å². The molecule has 0 atom stereocenters. The zero-order valence-electron chi connectivity index (χ0n) is 26.6. The van der Waals surface area contributed by atoms with Crippen LogP contribution in [0, 0.1) is 0 Å². The summed E-state index contributed by atoms with van der Waals surface area (Å²) in [6, 6.07) is 63.4. The molecule has 2 heterocycles. The lowest BCUT2D eigenvalue weighted by molar-refractivity contribution is 1.07. The minimum atomic E-state index is 0.621. The number of rotatable bonds is 6. The Morgan fingerprint density at radius 3 is 1.20 bits per heavy atom. The molecule has 230 valence electrons. The van der Waals surface area contributed by atoms with Crippen LogP contribution < -0.4 is 0 Å². The first kappa shape index (κ1) is 28.6. The SMILES string of the molecule is c1ccc(-c2ccc(-c3nc(-c4ccccc4)nc(-c4cc(-c5ccccc5)cc(-n5c6ccccc6c6ccccc65)c4)n3)cc2)cc1.